The number of likely N-dealkylation sites (tertiary alicyclic amines) is 2. The number of anilines is 1. The Morgan fingerprint density at radius 3 is 2.71 bits per heavy atom. The fourth-order valence-corrected chi connectivity index (χ4v) is 8.43. The van der Waals surface area contributed by atoms with E-state index >= 15 is 0 Å². The summed E-state index contributed by atoms with van der Waals surface area (Å²) in [6.45, 7) is 6.85. The molecule has 2 N–H and O–H groups in total. The summed E-state index contributed by atoms with van der Waals surface area (Å²) in [6, 6.07) is 10.4. The van der Waals surface area contributed by atoms with Crippen LogP contribution in [0.15, 0.2) is 30.6 Å². The summed E-state index contributed by atoms with van der Waals surface area (Å²) in [5, 5.41) is 18.0. The summed E-state index contributed by atoms with van der Waals surface area (Å²) < 4.78 is 40.9. The van der Waals surface area contributed by atoms with Crippen molar-refractivity contribution in [3.05, 3.63) is 52.3 Å². The summed E-state index contributed by atoms with van der Waals surface area (Å²) >= 11 is 1.06. The van der Waals surface area contributed by atoms with Gasteiger partial charge in [0.05, 0.1) is 29.4 Å². The molecule has 0 spiro atoms. The smallest absolute Gasteiger partial charge is 0.367 e. The van der Waals surface area contributed by atoms with Crippen LogP contribution in [-0.2, 0) is 24.4 Å². The first kappa shape index (κ1) is 30.0. The highest BCUT2D eigenvalue weighted by Crippen LogP contribution is 2.58. The summed E-state index contributed by atoms with van der Waals surface area (Å²) in [4.78, 5) is 26.5. The maximum absolute atomic E-state index is 12.9. The normalized spacial score (nSPS) is 22.5. The molecule has 4 aromatic rings. The van der Waals surface area contributed by atoms with E-state index in [4.69, 9.17) is 0 Å². The van der Waals surface area contributed by atoms with Crippen molar-refractivity contribution in [2.24, 2.45) is 11.3 Å². The molecule has 5 heterocycles. The van der Waals surface area contributed by atoms with Crippen molar-refractivity contribution in [2.75, 3.05) is 38.5 Å². The van der Waals surface area contributed by atoms with Gasteiger partial charge in [-0.15, -0.1) is 11.3 Å². The SMILES string of the molecule is CNC(=O)C12CC1CN(Cn1c(C#N)cc3c(C)c(CN4CCC(Nc5ncnc6sc(CC(F)(F)F)cc56)CC4)ccc31)C2. The third-order valence-corrected chi connectivity index (χ3v) is 10.9. The Bertz CT molecular complexity index is 1820. The number of hydrogen-bond donors (Lipinski definition) is 2. The van der Waals surface area contributed by atoms with Crippen LogP contribution in [0.5, 0.6) is 0 Å². The van der Waals surface area contributed by atoms with E-state index in [1.54, 1.807) is 13.1 Å². The number of nitrogens with one attached hydrogen (secondary N) is 2. The summed E-state index contributed by atoms with van der Waals surface area (Å²) in [5.74, 6) is 1.11. The third kappa shape index (κ3) is 5.64. The highest BCUT2D eigenvalue weighted by atomic mass is 32.1. The molecule has 1 aromatic carbocycles. The number of aryl methyl sites for hydroxylation is 1. The van der Waals surface area contributed by atoms with Crippen LogP contribution in [0.3, 0.4) is 0 Å². The van der Waals surface area contributed by atoms with Crippen molar-refractivity contribution in [3.8, 4) is 6.07 Å². The summed E-state index contributed by atoms with van der Waals surface area (Å²) in [5.41, 5.74) is 3.80. The average Bonchev–Trinajstić information content (AvgIpc) is 3.27. The zero-order valence-corrected chi connectivity index (χ0v) is 26.1. The first-order chi connectivity index (χ1) is 21.6. The molecule has 2 saturated heterocycles. The number of piperidine rings is 2. The molecule has 45 heavy (non-hydrogen) atoms. The minimum absolute atomic E-state index is 0.125. The number of nitrogens with zero attached hydrogens (tertiary/aromatic N) is 6. The molecular weight excluding hydrogens is 601 g/mol. The van der Waals surface area contributed by atoms with Gasteiger partial charge in [-0.2, -0.15) is 18.4 Å². The number of carbonyl (C=O) groups is 1. The molecule has 9 nitrogen and oxygen atoms in total. The number of rotatable bonds is 8. The van der Waals surface area contributed by atoms with Crippen LogP contribution >= 0.6 is 11.3 Å². The molecule has 3 aromatic heterocycles. The molecule has 0 radical (unpaired) electrons. The van der Waals surface area contributed by atoms with Gasteiger partial charge >= 0.3 is 6.18 Å². The van der Waals surface area contributed by atoms with Crippen LogP contribution in [0, 0.1) is 29.6 Å². The van der Waals surface area contributed by atoms with E-state index in [1.165, 1.54) is 17.5 Å². The Morgan fingerprint density at radius 1 is 1.18 bits per heavy atom. The van der Waals surface area contributed by atoms with Crippen molar-refractivity contribution < 1.29 is 18.0 Å². The van der Waals surface area contributed by atoms with Crippen LogP contribution < -0.4 is 10.6 Å². The Morgan fingerprint density at radius 2 is 1.98 bits per heavy atom. The number of fused-ring (bicyclic) bond motifs is 3. The molecule has 2 aliphatic heterocycles. The first-order valence-corrected chi connectivity index (χ1v) is 16.1. The molecule has 0 bridgehead atoms. The average molecular weight is 637 g/mol. The summed E-state index contributed by atoms with van der Waals surface area (Å²) in [6.07, 6.45) is -1.09. The highest BCUT2D eigenvalue weighted by molar-refractivity contribution is 7.18. The van der Waals surface area contributed by atoms with E-state index in [0.29, 0.717) is 34.3 Å². The maximum atomic E-state index is 12.9. The number of benzene rings is 1. The number of carbonyl (C=O) groups excluding carboxylic acids is 1. The Hall–Kier alpha value is -3.73. The van der Waals surface area contributed by atoms with Gasteiger partial charge in [0.15, 0.2) is 0 Å². The number of thiophene rings is 1. The number of hydrogen-bond acceptors (Lipinski definition) is 8. The van der Waals surface area contributed by atoms with E-state index in [1.807, 2.05) is 6.07 Å². The zero-order valence-electron chi connectivity index (χ0n) is 25.2. The Kier molecular flexibility index (Phi) is 7.49. The molecule has 1 saturated carbocycles. The molecule has 236 valence electrons. The second kappa shape index (κ2) is 11.3. The number of nitriles is 1. The van der Waals surface area contributed by atoms with Crippen LogP contribution in [-0.4, -0.2) is 75.7 Å². The zero-order chi connectivity index (χ0) is 31.5. The van der Waals surface area contributed by atoms with Gasteiger partial charge in [0.1, 0.15) is 28.7 Å². The van der Waals surface area contributed by atoms with Crippen molar-refractivity contribution in [2.45, 2.75) is 58.0 Å². The van der Waals surface area contributed by atoms with Crippen LogP contribution in [0.4, 0.5) is 19.0 Å². The van der Waals surface area contributed by atoms with E-state index in [0.717, 1.165) is 74.2 Å². The molecule has 3 fully saturated rings. The lowest BCUT2D eigenvalue weighted by Crippen LogP contribution is -2.39. The van der Waals surface area contributed by atoms with Crippen LogP contribution in [0.2, 0.25) is 0 Å². The quantitative estimate of drug-likeness (QED) is 0.280. The molecule has 2 unspecified atom stereocenters. The molecular formula is C32H35F3N8OS. The van der Waals surface area contributed by atoms with Crippen LogP contribution in [0.1, 0.15) is 41.0 Å². The first-order valence-electron chi connectivity index (χ1n) is 15.3. The lowest BCUT2D eigenvalue weighted by Gasteiger charge is -2.33. The van der Waals surface area contributed by atoms with Crippen molar-refractivity contribution in [1.82, 2.24) is 29.7 Å². The molecule has 1 aliphatic carbocycles. The highest BCUT2D eigenvalue weighted by Gasteiger charge is 2.64. The van der Waals surface area contributed by atoms with Gasteiger partial charge in [-0.1, -0.05) is 6.07 Å². The van der Waals surface area contributed by atoms with Gasteiger partial charge in [0.2, 0.25) is 5.91 Å². The second-order valence-corrected chi connectivity index (χ2v) is 13.9. The standard InChI is InChI=1S/C32H35F3N8OS/c1-19-20(3-4-27-25(19)9-23(13-36)43(27)18-42-15-21-11-31(21,16-42)30(44)37-2)14-41-7-5-22(6-8-41)40-28-26-10-24(12-32(33,34)35)45-29(26)39-17-38-28/h3-4,9-10,17,21-22H,5-8,11-12,14-16,18H2,1-2H3,(H,37,44)(H,38,39,40). The fourth-order valence-electron chi connectivity index (χ4n) is 7.41. The largest absolute Gasteiger partial charge is 0.393 e. The summed E-state index contributed by atoms with van der Waals surface area (Å²) in [7, 11) is 1.70. The third-order valence-electron chi connectivity index (χ3n) is 9.90. The molecule has 7 rings (SSSR count). The Balaban J connectivity index is 0.998. The number of alkyl halides is 3. The lowest BCUT2D eigenvalue weighted by atomic mass is 10.0. The van der Waals surface area contributed by atoms with Gasteiger partial charge in [0, 0.05) is 56.1 Å². The molecule has 13 heteroatoms. The minimum atomic E-state index is -4.26. The number of aromatic nitrogens is 3. The topological polar surface area (TPSA) is 102 Å². The fraction of sp³-hybridized carbons (Fsp3) is 0.500. The van der Waals surface area contributed by atoms with E-state index in [2.05, 4.69) is 60.1 Å². The van der Waals surface area contributed by atoms with Crippen molar-refractivity contribution in [3.63, 3.8) is 0 Å². The van der Waals surface area contributed by atoms with E-state index in [-0.39, 0.29) is 22.2 Å². The predicted octanol–water partition coefficient (Wildman–Crippen LogP) is 5.03. The van der Waals surface area contributed by atoms with Crippen molar-refractivity contribution >= 4 is 44.2 Å². The maximum Gasteiger partial charge on any atom is 0.393 e. The monoisotopic (exact) mass is 636 g/mol. The molecule has 3 aliphatic rings. The van der Waals surface area contributed by atoms with E-state index < -0.39 is 12.6 Å². The Labute approximate surface area is 263 Å². The van der Waals surface area contributed by atoms with Gasteiger partial charge < -0.3 is 15.2 Å². The number of halogens is 3. The molecule has 2 atom stereocenters. The van der Waals surface area contributed by atoms with Gasteiger partial charge in [-0.05, 0) is 61.4 Å². The van der Waals surface area contributed by atoms with Gasteiger partial charge in [-0.3, -0.25) is 14.6 Å². The number of amides is 1. The van der Waals surface area contributed by atoms with Crippen molar-refractivity contribution in [1.29, 1.82) is 5.26 Å². The lowest BCUT2D eigenvalue weighted by molar-refractivity contribution is -0.127. The minimum Gasteiger partial charge on any atom is -0.367 e. The van der Waals surface area contributed by atoms with Gasteiger partial charge in [0.25, 0.3) is 0 Å². The van der Waals surface area contributed by atoms with Crippen LogP contribution in [0.25, 0.3) is 21.1 Å². The van der Waals surface area contributed by atoms with E-state index in [9.17, 15) is 23.2 Å². The van der Waals surface area contributed by atoms with Gasteiger partial charge in [-0.25, -0.2) is 9.97 Å². The molecule has 1 amide bonds. The second-order valence-electron chi connectivity index (χ2n) is 12.8. The predicted molar refractivity (Wildman–Crippen MR) is 167 cm³/mol.